The van der Waals surface area contributed by atoms with E-state index in [1.165, 1.54) is 38.4 Å². The number of imide groups is 1. The minimum absolute atomic E-state index is 0.0939. The lowest BCUT2D eigenvalue weighted by molar-refractivity contribution is -0.128. The van der Waals surface area contributed by atoms with E-state index in [2.05, 4.69) is 0 Å². The van der Waals surface area contributed by atoms with Crippen molar-refractivity contribution in [1.29, 1.82) is 0 Å². The van der Waals surface area contributed by atoms with Gasteiger partial charge in [0.2, 0.25) is 5.91 Å². The average molecular weight is 430 g/mol. The molecule has 0 bridgehead atoms. The first-order valence-corrected chi connectivity index (χ1v) is 9.52. The Bertz CT molecular complexity index is 943. The van der Waals surface area contributed by atoms with Crippen LogP contribution in [0.2, 0.25) is 0 Å². The summed E-state index contributed by atoms with van der Waals surface area (Å²) in [6.07, 6.45) is -1.01. The van der Waals surface area contributed by atoms with E-state index in [4.69, 9.17) is 14.2 Å². The third kappa shape index (κ3) is 4.73. The van der Waals surface area contributed by atoms with Gasteiger partial charge in [-0.15, -0.1) is 0 Å². The van der Waals surface area contributed by atoms with Gasteiger partial charge in [0.15, 0.2) is 6.29 Å². The smallest absolute Gasteiger partial charge is 0.257 e. The van der Waals surface area contributed by atoms with Gasteiger partial charge in [0.1, 0.15) is 17.6 Å². The van der Waals surface area contributed by atoms with Gasteiger partial charge in [0.25, 0.3) is 11.8 Å². The summed E-state index contributed by atoms with van der Waals surface area (Å²) in [6.45, 7) is -0.0939. The van der Waals surface area contributed by atoms with Crippen LogP contribution in [-0.2, 0) is 19.1 Å². The molecule has 1 fully saturated rings. The Morgan fingerprint density at radius 2 is 1.68 bits per heavy atom. The van der Waals surface area contributed by atoms with E-state index in [-0.39, 0.29) is 18.5 Å². The molecule has 0 saturated carbocycles. The predicted molar refractivity (Wildman–Crippen MR) is 109 cm³/mol. The summed E-state index contributed by atoms with van der Waals surface area (Å²) in [5.74, 6) is -1.44. The average Bonchev–Trinajstić information content (AvgIpc) is 3.08. The first-order valence-electron chi connectivity index (χ1n) is 9.52. The minimum Gasteiger partial charge on any atom is -0.497 e. The van der Waals surface area contributed by atoms with E-state index in [9.17, 15) is 18.8 Å². The fraction of sp³-hybridized carbons (Fsp3) is 0.318. The fourth-order valence-corrected chi connectivity index (χ4v) is 3.38. The van der Waals surface area contributed by atoms with Crippen LogP contribution >= 0.6 is 0 Å². The molecule has 2 aromatic rings. The normalized spacial score (nSPS) is 16.2. The van der Waals surface area contributed by atoms with Gasteiger partial charge in [-0.3, -0.25) is 14.4 Å². The van der Waals surface area contributed by atoms with Crippen molar-refractivity contribution in [3.05, 3.63) is 59.9 Å². The van der Waals surface area contributed by atoms with Crippen molar-refractivity contribution in [3.63, 3.8) is 0 Å². The van der Waals surface area contributed by atoms with Crippen LogP contribution < -0.4 is 9.64 Å². The lowest BCUT2D eigenvalue weighted by Crippen LogP contribution is -2.49. The number of anilines is 1. The molecule has 1 unspecified atom stereocenters. The largest absolute Gasteiger partial charge is 0.497 e. The van der Waals surface area contributed by atoms with Crippen LogP contribution in [0.5, 0.6) is 5.75 Å². The zero-order valence-electron chi connectivity index (χ0n) is 17.4. The van der Waals surface area contributed by atoms with Crippen LogP contribution in [0.25, 0.3) is 0 Å². The summed E-state index contributed by atoms with van der Waals surface area (Å²) in [7, 11) is 4.32. The number of hydrogen-bond donors (Lipinski definition) is 0. The number of hydrogen-bond acceptors (Lipinski definition) is 6. The number of rotatable bonds is 8. The van der Waals surface area contributed by atoms with Gasteiger partial charge in [-0.05, 0) is 48.5 Å². The summed E-state index contributed by atoms with van der Waals surface area (Å²) in [5.41, 5.74) is 0.554. The van der Waals surface area contributed by atoms with Crippen molar-refractivity contribution in [3.8, 4) is 5.75 Å². The highest BCUT2D eigenvalue weighted by molar-refractivity contribution is 6.23. The summed E-state index contributed by atoms with van der Waals surface area (Å²) in [4.78, 5) is 41.4. The first kappa shape index (κ1) is 22.4. The zero-order valence-corrected chi connectivity index (χ0v) is 17.4. The van der Waals surface area contributed by atoms with Crippen LogP contribution in [0.15, 0.2) is 48.5 Å². The number of halogens is 1. The fourth-order valence-electron chi connectivity index (χ4n) is 3.38. The van der Waals surface area contributed by atoms with Crippen LogP contribution in [0.4, 0.5) is 10.1 Å². The number of amides is 3. The molecule has 1 atom stereocenters. The molecule has 0 aromatic heterocycles. The molecule has 0 aliphatic carbocycles. The number of ether oxygens (including phenoxy) is 3. The Kier molecular flexibility index (Phi) is 6.98. The van der Waals surface area contributed by atoms with E-state index in [0.29, 0.717) is 11.4 Å². The molecule has 164 valence electrons. The van der Waals surface area contributed by atoms with Gasteiger partial charge in [-0.2, -0.15) is 0 Å². The zero-order chi connectivity index (χ0) is 22.5. The Morgan fingerprint density at radius 1 is 1.06 bits per heavy atom. The van der Waals surface area contributed by atoms with E-state index in [0.717, 1.165) is 17.0 Å². The van der Waals surface area contributed by atoms with Crippen molar-refractivity contribution in [1.82, 2.24) is 4.90 Å². The molecule has 8 nitrogen and oxygen atoms in total. The molecule has 31 heavy (non-hydrogen) atoms. The molecular weight excluding hydrogens is 407 g/mol. The Balaban J connectivity index is 1.92. The molecule has 1 saturated heterocycles. The van der Waals surface area contributed by atoms with E-state index in [1.807, 2.05) is 0 Å². The maximum atomic E-state index is 13.3. The van der Waals surface area contributed by atoms with Crippen LogP contribution in [0.3, 0.4) is 0 Å². The lowest BCUT2D eigenvalue weighted by atomic mass is 10.1. The predicted octanol–water partition coefficient (Wildman–Crippen LogP) is 2.23. The van der Waals surface area contributed by atoms with Gasteiger partial charge in [-0.1, -0.05) is 0 Å². The van der Waals surface area contributed by atoms with Gasteiger partial charge >= 0.3 is 0 Å². The molecule has 1 heterocycles. The maximum absolute atomic E-state index is 13.3. The Morgan fingerprint density at radius 3 is 2.23 bits per heavy atom. The van der Waals surface area contributed by atoms with Gasteiger partial charge in [-0.25, -0.2) is 9.29 Å². The van der Waals surface area contributed by atoms with Crippen LogP contribution in [-0.4, -0.2) is 62.8 Å². The highest BCUT2D eigenvalue weighted by atomic mass is 19.1. The summed E-state index contributed by atoms with van der Waals surface area (Å²) >= 11 is 0. The molecule has 1 aliphatic heterocycles. The number of carbonyl (C=O) groups is 3. The second-order valence-electron chi connectivity index (χ2n) is 6.85. The maximum Gasteiger partial charge on any atom is 0.257 e. The van der Waals surface area contributed by atoms with Gasteiger partial charge in [0, 0.05) is 19.8 Å². The molecule has 0 spiro atoms. The SMILES string of the molecule is COc1ccc(N2C(=O)CC(N(CC(OC)OC)C(=O)c3ccc(F)cc3)C2=O)cc1. The molecule has 1 aliphatic rings. The van der Waals surface area contributed by atoms with Crippen molar-refractivity contribution in [2.24, 2.45) is 0 Å². The monoisotopic (exact) mass is 430 g/mol. The molecule has 3 amide bonds. The van der Waals surface area contributed by atoms with E-state index < -0.39 is 35.9 Å². The highest BCUT2D eigenvalue weighted by Crippen LogP contribution is 2.28. The summed E-state index contributed by atoms with van der Waals surface area (Å²) in [5, 5.41) is 0. The standard InChI is InChI=1S/C22H23FN2O6/c1-29-17-10-8-16(9-11-17)25-19(26)12-18(22(25)28)24(13-20(30-2)31-3)21(27)14-4-6-15(23)7-5-14/h4-11,18,20H,12-13H2,1-3H3. The van der Waals surface area contributed by atoms with Crippen molar-refractivity contribution in [2.75, 3.05) is 32.8 Å². The van der Waals surface area contributed by atoms with Gasteiger partial charge < -0.3 is 19.1 Å². The topological polar surface area (TPSA) is 85.4 Å². The highest BCUT2D eigenvalue weighted by Gasteiger charge is 2.45. The third-order valence-electron chi connectivity index (χ3n) is 5.05. The first-order chi connectivity index (χ1) is 14.9. The second kappa shape index (κ2) is 9.67. The quantitative estimate of drug-likeness (QED) is 0.472. The van der Waals surface area contributed by atoms with Crippen molar-refractivity contribution in [2.45, 2.75) is 18.8 Å². The van der Waals surface area contributed by atoms with E-state index in [1.54, 1.807) is 24.3 Å². The van der Waals surface area contributed by atoms with Crippen LogP contribution in [0.1, 0.15) is 16.8 Å². The van der Waals surface area contributed by atoms with Crippen LogP contribution in [0, 0.1) is 5.82 Å². The molecule has 2 aromatic carbocycles. The summed E-state index contributed by atoms with van der Waals surface area (Å²) in [6, 6.07) is 10.4. The number of methoxy groups -OCH3 is 3. The van der Waals surface area contributed by atoms with Crippen molar-refractivity contribution >= 4 is 23.4 Å². The molecular formula is C22H23FN2O6. The van der Waals surface area contributed by atoms with E-state index >= 15 is 0 Å². The Labute approximate surface area is 179 Å². The number of nitrogens with zero attached hydrogens (tertiary/aromatic N) is 2. The lowest BCUT2D eigenvalue weighted by Gasteiger charge is -2.30. The number of benzene rings is 2. The molecule has 0 radical (unpaired) electrons. The minimum atomic E-state index is -1.06. The van der Waals surface area contributed by atoms with Crippen molar-refractivity contribution < 1.29 is 33.0 Å². The van der Waals surface area contributed by atoms with Gasteiger partial charge in [0.05, 0.1) is 25.8 Å². The Hall–Kier alpha value is -3.30. The molecule has 9 heteroatoms. The number of carbonyl (C=O) groups excluding carboxylic acids is 3. The second-order valence-corrected chi connectivity index (χ2v) is 6.85. The summed E-state index contributed by atoms with van der Waals surface area (Å²) < 4.78 is 28.8. The molecule has 0 N–H and O–H groups in total. The molecule has 3 rings (SSSR count). The third-order valence-corrected chi connectivity index (χ3v) is 5.05.